The average molecular weight is 266 g/mol. The predicted octanol–water partition coefficient (Wildman–Crippen LogP) is 4.46. The molecule has 104 valence electrons. The van der Waals surface area contributed by atoms with Gasteiger partial charge in [-0.05, 0) is 59.2 Å². The zero-order valence-corrected chi connectivity index (χ0v) is 14.8. The van der Waals surface area contributed by atoms with E-state index < -0.39 is 8.07 Å². The van der Waals surface area contributed by atoms with E-state index in [2.05, 4.69) is 66.9 Å². The second kappa shape index (κ2) is 4.97. The number of rotatable bonds is 3. The van der Waals surface area contributed by atoms with Crippen molar-refractivity contribution in [1.82, 2.24) is 5.32 Å². The van der Waals surface area contributed by atoms with Crippen molar-refractivity contribution in [3.63, 3.8) is 0 Å². The summed E-state index contributed by atoms with van der Waals surface area (Å²) in [6.45, 7) is 21.1. The largest absolute Gasteiger partial charge is 0.314 e. The fraction of sp³-hybridized carbons (Fsp3) is 0.750. The highest BCUT2D eigenvalue weighted by Crippen LogP contribution is 2.41. The Labute approximate surface area is 115 Å². The van der Waals surface area contributed by atoms with Crippen molar-refractivity contribution < 1.29 is 0 Å². The summed E-state index contributed by atoms with van der Waals surface area (Å²) in [5.74, 6) is 0.661. The Balaban J connectivity index is 2.94. The molecule has 1 aliphatic rings. The Morgan fingerprint density at radius 1 is 1.06 bits per heavy atom. The molecule has 0 saturated heterocycles. The van der Waals surface area contributed by atoms with E-state index >= 15 is 0 Å². The lowest BCUT2D eigenvalue weighted by Crippen LogP contribution is -2.49. The lowest BCUT2D eigenvalue weighted by atomic mass is 10.1. The van der Waals surface area contributed by atoms with Gasteiger partial charge in [0.15, 0.2) is 0 Å². The summed E-state index contributed by atoms with van der Waals surface area (Å²) in [5.41, 5.74) is 4.91. The molecule has 0 aromatic rings. The van der Waals surface area contributed by atoms with Crippen molar-refractivity contribution in [3.05, 3.63) is 21.9 Å². The van der Waals surface area contributed by atoms with Crippen molar-refractivity contribution in [1.29, 1.82) is 0 Å². The molecule has 0 aromatic heterocycles. The molecule has 0 bridgehead atoms. The van der Waals surface area contributed by atoms with Gasteiger partial charge in [0.1, 0.15) is 0 Å². The molecule has 2 heteroatoms. The molecule has 1 nitrogen and oxygen atoms in total. The minimum absolute atomic E-state index is 0.220. The molecule has 18 heavy (non-hydrogen) atoms. The minimum atomic E-state index is -1.36. The normalized spacial score (nSPS) is 22.2. The Morgan fingerprint density at radius 3 is 1.89 bits per heavy atom. The molecule has 0 aromatic carbocycles. The SMILES string of the molecule is CC1=C(C)C(C)C([Si](C)(C)CNC(C)(C)C)=C1C. The Morgan fingerprint density at radius 2 is 1.56 bits per heavy atom. The third-order valence-corrected chi connectivity index (χ3v) is 7.76. The van der Waals surface area contributed by atoms with Crippen LogP contribution in [0.4, 0.5) is 0 Å². The molecule has 0 saturated carbocycles. The van der Waals surface area contributed by atoms with Crippen LogP contribution in [0, 0.1) is 5.92 Å². The van der Waals surface area contributed by atoms with Gasteiger partial charge >= 0.3 is 0 Å². The third kappa shape index (κ3) is 3.15. The first-order valence-electron chi connectivity index (χ1n) is 7.11. The van der Waals surface area contributed by atoms with E-state index in [4.69, 9.17) is 0 Å². The van der Waals surface area contributed by atoms with Crippen molar-refractivity contribution >= 4 is 8.07 Å². The number of allylic oxidation sites excluding steroid dienone is 4. The van der Waals surface area contributed by atoms with Gasteiger partial charge < -0.3 is 5.32 Å². The van der Waals surface area contributed by atoms with E-state index in [0.29, 0.717) is 5.92 Å². The second-order valence-electron chi connectivity index (χ2n) is 7.56. The van der Waals surface area contributed by atoms with E-state index in [1.54, 1.807) is 16.3 Å². The molecule has 1 atom stereocenters. The fourth-order valence-electron chi connectivity index (χ4n) is 3.04. The predicted molar refractivity (Wildman–Crippen MR) is 85.5 cm³/mol. The summed E-state index contributed by atoms with van der Waals surface area (Å²) < 4.78 is 0. The van der Waals surface area contributed by atoms with Gasteiger partial charge in [-0.25, -0.2) is 0 Å². The lowest BCUT2D eigenvalue weighted by Gasteiger charge is -2.33. The first-order chi connectivity index (χ1) is 7.97. The minimum Gasteiger partial charge on any atom is -0.314 e. The highest BCUT2D eigenvalue weighted by molar-refractivity contribution is 6.84. The maximum absolute atomic E-state index is 3.72. The summed E-state index contributed by atoms with van der Waals surface area (Å²) in [6, 6.07) is 0. The molecule has 1 N–H and O–H groups in total. The molecular weight excluding hydrogens is 234 g/mol. The van der Waals surface area contributed by atoms with Crippen molar-refractivity contribution in [3.8, 4) is 0 Å². The van der Waals surface area contributed by atoms with Crippen LogP contribution in [-0.4, -0.2) is 19.8 Å². The van der Waals surface area contributed by atoms with Crippen LogP contribution < -0.4 is 5.32 Å². The van der Waals surface area contributed by atoms with E-state index in [1.807, 2.05) is 0 Å². The smallest absolute Gasteiger partial charge is 0.0906 e. The molecule has 0 aliphatic heterocycles. The molecule has 0 radical (unpaired) electrons. The van der Waals surface area contributed by atoms with Crippen LogP contribution in [0.1, 0.15) is 48.5 Å². The third-order valence-electron chi connectivity index (χ3n) is 4.43. The van der Waals surface area contributed by atoms with E-state index in [-0.39, 0.29) is 5.54 Å². The quantitative estimate of drug-likeness (QED) is 0.743. The zero-order valence-electron chi connectivity index (χ0n) is 13.8. The van der Waals surface area contributed by atoms with Crippen LogP contribution in [0.15, 0.2) is 21.9 Å². The second-order valence-corrected chi connectivity index (χ2v) is 12.2. The molecule has 1 aliphatic carbocycles. The molecule has 1 unspecified atom stereocenters. The zero-order chi connectivity index (χ0) is 14.3. The van der Waals surface area contributed by atoms with Gasteiger partial charge in [0.05, 0.1) is 8.07 Å². The van der Waals surface area contributed by atoms with Crippen molar-refractivity contribution in [2.24, 2.45) is 5.92 Å². The van der Waals surface area contributed by atoms with E-state index in [9.17, 15) is 0 Å². The Hall–Kier alpha value is -0.343. The topological polar surface area (TPSA) is 12.0 Å². The monoisotopic (exact) mass is 265 g/mol. The van der Waals surface area contributed by atoms with Crippen LogP contribution in [0.2, 0.25) is 13.1 Å². The summed E-state index contributed by atoms with van der Waals surface area (Å²) in [6.07, 6.45) is 1.17. The Bertz CT molecular complexity index is 394. The van der Waals surface area contributed by atoms with Crippen LogP contribution in [0.3, 0.4) is 0 Å². The van der Waals surface area contributed by atoms with Crippen LogP contribution in [-0.2, 0) is 0 Å². The first-order valence-corrected chi connectivity index (χ1v) is 10.3. The first kappa shape index (κ1) is 15.7. The maximum Gasteiger partial charge on any atom is 0.0906 e. The highest BCUT2D eigenvalue weighted by Gasteiger charge is 2.36. The molecule has 0 heterocycles. The van der Waals surface area contributed by atoms with Crippen LogP contribution in [0.5, 0.6) is 0 Å². The van der Waals surface area contributed by atoms with Gasteiger partial charge in [0.2, 0.25) is 0 Å². The van der Waals surface area contributed by atoms with E-state index in [0.717, 1.165) is 0 Å². The number of hydrogen-bond donors (Lipinski definition) is 1. The number of hydrogen-bond acceptors (Lipinski definition) is 1. The van der Waals surface area contributed by atoms with Gasteiger partial charge in [-0.1, -0.05) is 36.4 Å². The van der Waals surface area contributed by atoms with Gasteiger partial charge in [-0.15, -0.1) is 0 Å². The molecular formula is C16H31NSi. The molecule has 1 rings (SSSR count). The molecule has 0 spiro atoms. The Kier molecular flexibility index (Phi) is 4.34. The maximum atomic E-state index is 3.72. The van der Waals surface area contributed by atoms with Gasteiger partial charge in [0, 0.05) is 5.54 Å². The van der Waals surface area contributed by atoms with Gasteiger partial charge in [-0.2, -0.15) is 0 Å². The van der Waals surface area contributed by atoms with Gasteiger partial charge in [0.25, 0.3) is 0 Å². The summed E-state index contributed by atoms with van der Waals surface area (Å²) >= 11 is 0. The fourth-order valence-corrected chi connectivity index (χ4v) is 6.79. The lowest BCUT2D eigenvalue weighted by molar-refractivity contribution is 0.455. The summed E-state index contributed by atoms with van der Waals surface area (Å²) in [7, 11) is -1.36. The van der Waals surface area contributed by atoms with E-state index in [1.165, 1.54) is 11.7 Å². The highest BCUT2D eigenvalue weighted by atomic mass is 28.3. The summed E-state index contributed by atoms with van der Waals surface area (Å²) in [5, 5.41) is 5.48. The number of nitrogens with one attached hydrogen (secondary N) is 1. The standard InChI is InChI=1S/C16H31NSi/c1-11-12(2)14(4)15(13(11)3)18(8,9)10-17-16(5,6)7/h13,17H,10H2,1-9H3. The van der Waals surface area contributed by atoms with Crippen LogP contribution in [0.25, 0.3) is 0 Å². The van der Waals surface area contributed by atoms with Crippen molar-refractivity contribution in [2.45, 2.75) is 67.1 Å². The summed E-state index contributed by atoms with van der Waals surface area (Å²) in [4.78, 5) is 0. The average Bonchev–Trinajstić information content (AvgIpc) is 2.40. The van der Waals surface area contributed by atoms with Crippen LogP contribution >= 0.6 is 0 Å². The van der Waals surface area contributed by atoms with Crippen molar-refractivity contribution in [2.75, 3.05) is 6.17 Å². The molecule has 0 amide bonds. The molecule has 0 fully saturated rings. The van der Waals surface area contributed by atoms with Gasteiger partial charge in [-0.3, -0.25) is 0 Å².